The van der Waals surface area contributed by atoms with Crippen LogP contribution in [0.3, 0.4) is 0 Å². The van der Waals surface area contributed by atoms with Gasteiger partial charge in [-0.2, -0.15) is 0 Å². The molecule has 0 spiro atoms. The fraction of sp³-hybridized carbons (Fsp3) is 0.462. The highest BCUT2D eigenvalue weighted by molar-refractivity contribution is 9.11. The Bertz CT molecular complexity index is 460. The minimum atomic E-state index is 0.0190. The van der Waals surface area contributed by atoms with Crippen LogP contribution in [0.5, 0.6) is 0 Å². The predicted octanol–water partition coefficient (Wildman–Crippen LogP) is 3.02. The number of hydrogen-bond donors (Lipinski definition) is 1. The molecular weight excluding hydrogens is 360 g/mol. The lowest BCUT2D eigenvalue weighted by Crippen LogP contribution is -2.43. The lowest BCUT2D eigenvalue weighted by Gasteiger charge is -2.27. The second kappa shape index (κ2) is 5.72. The smallest absolute Gasteiger partial charge is 0.255 e. The Kier molecular flexibility index (Phi) is 4.45. The van der Waals surface area contributed by atoms with Gasteiger partial charge in [-0.1, -0.05) is 15.9 Å². The van der Waals surface area contributed by atoms with Crippen molar-refractivity contribution in [2.24, 2.45) is 11.7 Å². The highest BCUT2D eigenvalue weighted by Crippen LogP contribution is 2.35. The maximum atomic E-state index is 12.5. The number of likely N-dealkylation sites (N-methyl/N-ethyl adjacent to an activating group) is 1. The number of halogens is 2. The average molecular weight is 376 g/mol. The lowest BCUT2D eigenvalue weighted by atomic mass is 10.1. The van der Waals surface area contributed by atoms with Crippen molar-refractivity contribution in [3.8, 4) is 0 Å². The summed E-state index contributed by atoms with van der Waals surface area (Å²) < 4.78 is 1.72. The van der Waals surface area contributed by atoms with E-state index in [2.05, 4.69) is 31.9 Å². The molecular formula is C13H16Br2N2O. The van der Waals surface area contributed by atoms with Crippen LogP contribution < -0.4 is 5.73 Å². The van der Waals surface area contributed by atoms with Gasteiger partial charge < -0.3 is 10.6 Å². The number of nitrogens with zero attached hydrogens (tertiary/aromatic N) is 1. The fourth-order valence-corrected chi connectivity index (χ4v) is 2.93. The van der Waals surface area contributed by atoms with E-state index in [0.717, 1.165) is 8.95 Å². The molecule has 5 heteroatoms. The Balaban J connectivity index is 2.21. The zero-order valence-electron chi connectivity index (χ0n) is 10.2. The third-order valence-electron chi connectivity index (χ3n) is 3.38. The van der Waals surface area contributed by atoms with Gasteiger partial charge in [0.15, 0.2) is 0 Å². The molecule has 3 nitrogen and oxygen atoms in total. The molecule has 0 aliphatic heterocycles. The van der Waals surface area contributed by atoms with Crippen LogP contribution in [0.4, 0.5) is 0 Å². The van der Waals surface area contributed by atoms with Gasteiger partial charge in [0.05, 0.1) is 5.56 Å². The summed E-state index contributed by atoms with van der Waals surface area (Å²) in [5.74, 6) is 0.598. The van der Waals surface area contributed by atoms with E-state index in [0.29, 0.717) is 18.0 Å². The molecule has 1 aromatic rings. The molecule has 0 aromatic heterocycles. The van der Waals surface area contributed by atoms with Gasteiger partial charge in [0.2, 0.25) is 0 Å². The second-order valence-electron chi connectivity index (χ2n) is 4.68. The number of rotatable bonds is 4. The van der Waals surface area contributed by atoms with Crippen LogP contribution in [0.25, 0.3) is 0 Å². The van der Waals surface area contributed by atoms with E-state index in [1.165, 1.54) is 12.8 Å². The van der Waals surface area contributed by atoms with Crippen molar-refractivity contribution < 1.29 is 4.79 Å². The number of benzene rings is 1. The van der Waals surface area contributed by atoms with Crippen molar-refractivity contribution in [3.05, 3.63) is 32.7 Å². The van der Waals surface area contributed by atoms with Gasteiger partial charge in [0.1, 0.15) is 0 Å². The summed E-state index contributed by atoms with van der Waals surface area (Å²) in [5.41, 5.74) is 6.46. The van der Waals surface area contributed by atoms with Gasteiger partial charge in [0.25, 0.3) is 5.91 Å². The quantitative estimate of drug-likeness (QED) is 0.879. The average Bonchev–Trinajstić information content (AvgIpc) is 3.16. The predicted molar refractivity (Wildman–Crippen MR) is 79.5 cm³/mol. The molecule has 18 heavy (non-hydrogen) atoms. The van der Waals surface area contributed by atoms with E-state index in [-0.39, 0.29) is 11.9 Å². The van der Waals surface area contributed by atoms with E-state index >= 15 is 0 Å². The standard InChI is InChI=1S/C13H16Br2N2O/c1-17(12(7-16)8-2-3-8)13(18)10-6-9(14)4-5-11(10)15/h4-6,8,12H,2-3,7,16H2,1H3. The molecule has 0 radical (unpaired) electrons. The van der Waals surface area contributed by atoms with E-state index in [1.54, 1.807) is 4.90 Å². The van der Waals surface area contributed by atoms with Gasteiger partial charge in [0, 0.05) is 28.6 Å². The van der Waals surface area contributed by atoms with E-state index in [4.69, 9.17) is 5.73 Å². The zero-order valence-corrected chi connectivity index (χ0v) is 13.4. The largest absolute Gasteiger partial charge is 0.337 e. The highest BCUT2D eigenvalue weighted by Gasteiger charge is 2.35. The molecule has 0 heterocycles. The molecule has 1 unspecified atom stereocenters. The Hall–Kier alpha value is -0.390. The maximum absolute atomic E-state index is 12.5. The van der Waals surface area contributed by atoms with Gasteiger partial charge in [-0.3, -0.25) is 4.79 Å². The van der Waals surface area contributed by atoms with Gasteiger partial charge in [-0.25, -0.2) is 0 Å². The summed E-state index contributed by atoms with van der Waals surface area (Å²) in [5, 5.41) is 0. The van der Waals surface area contributed by atoms with Gasteiger partial charge in [-0.15, -0.1) is 0 Å². The van der Waals surface area contributed by atoms with Crippen molar-refractivity contribution >= 4 is 37.8 Å². The molecule has 1 atom stereocenters. The van der Waals surface area contributed by atoms with Crippen molar-refractivity contribution in [2.45, 2.75) is 18.9 Å². The summed E-state index contributed by atoms with van der Waals surface area (Å²) in [6, 6.07) is 5.77. The third kappa shape index (κ3) is 2.95. The van der Waals surface area contributed by atoms with E-state index in [1.807, 2.05) is 25.2 Å². The van der Waals surface area contributed by atoms with Gasteiger partial charge >= 0.3 is 0 Å². The molecule has 1 aliphatic rings. The van der Waals surface area contributed by atoms with E-state index in [9.17, 15) is 4.79 Å². The maximum Gasteiger partial charge on any atom is 0.255 e. The Morgan fingerprint density at radius 1 is 1.50 bits per heavy atom. The minimum absolute atomic E-state index is 0.0190. The summed E-state index contributed by atoms with van der Waals surface area (Å²) in [4.78, 5) is 14.3. The summed E-state index contributed by atoms with van der Waals surface area (Å²) in [6.45, 7) is 0.526. The third-order valence-corrected chi connectivity index (χ3v) is 4.57. The van der Waals surface area contributed by atoms with Crippen LogP contribution in [0.2, 0.25) is 0 Å². The number of carbonyl (C=O) groups is 1. The number of amides is 1. The molecule has 98 valence electrons. The van der Waals surface area contributed by atoms with Crippen LogP contribution >= 0.6 is 31.9 Å². The molecule has 1 saturated carbocycles. The van der Waals surface area contributed by atoms with Crippen LogP contribution in [0.15, 0.2) is 27.1 Å². The van der Waals surface area contributed by atoms with Crippen molar-refractivity contribution in [1.29, 1.82) is 0 Å². The van der Waals surface area contributed by atoms with Crippen LogP contribution in [0.1, 0.15) is 23.2 Å². The molecule has 2 N–H and O–H groups in total. The highest BCUT2D eigenvalue weighted by atomic mass is 79.9. The molecule has 2 rings (SSSR count). The number of carbonyl (C=O) groups excluding carboxylic acids is 1. The SMILES string of the molecule is CN(C(=O)c1cc(Br)ccc1Br)C(CN)C1CC1. The van der Waals surface area contributed by atoms with Crippen LogP contribution in [-0.2, 0) is 0 Å². The molecule has 1 amide bonds. The van der Waals surface area contributed by atoms with Crippen LogP contribution in [-0.4, -0.2) is 30.4 Å². The van der Waals surface area contributed by atoms with Crippen molar-refractivity contribution in [3.63, 3.8) is 0 Å². The number of nitrogens with two attached hydrogens (primary N) is 1. The Labute approximate surface area is 124 Å². The summed E-state index contributed by atoms with van der Waals surface area (Å²) in [6.07, 6.45) is 2.36. The first-order valence-corrected chi connectivity index (χ1v) is 7.55. The molecule has 1 fully saturated rings. The second-order valence-corrected chi connectivity index (χ2v) is 6.45. The summed E-state index contributed by atoms with van der Waals surface area (Å²) in [7, 11) is 1.84. The van der Waals surface area contributed by atoms with Gasteiger partial charge in [-0.05, 0) is 52.9 Å². The Morgan fingerprint density at radius 3 is 2.72 bits per heavy atom. The Morgan fingerprint density at radius 2 is 2.17 bits per heavy atom. The number of hydrogen-bond acceptors (Lipinski definition) is 2. The lowest BCUT2D eigenvalue weighted by molar-refractivity contribution is 0.0717. The normalized spacial score (nSPS) is 16.4. The molecule has 1 aliphatic carbocycles. The molecule has 1 aromatic carbocycles. The van der Waals surface area contributed by atoms with Crippen LogP contribution in [0, 0.1) is 5.92 Å². The topological polar surface area (TPSA) is 46.3 Å². The molecule has 0 bridgehead atoms. The first-order chi connectivity index (χ1) is 8.54. The van der Waals surface area contributed by atoms with E-state index < -0.39 is 0 Å². The first-order valence-electron chi connectivity index (χ1n) is 5.97. The monoisotopic (exact) mass is 374 g/mol. The summed E-state index contributed by atoms with van der Waals surface area (Å²) >= 11 is 6.82. The fourth-order valence-electron chi connectivity index (χ4n) is 2.15. The minimum Gasteiger partial charge on any atom is -0.337 e. The van der Waals surface area contributed by atoms with Crippen molar-refractivity contribution in [2.75, 3.05) is 13.6 Å². The molecule has 0 saturated heterocycles. The van der Waals surface area contributed by atoms with Crippen molar-refractivity contribution in [1.82, 2.24) is 4.90 Å². The first kappa shape index (κ1) is 14.0. The zero-order chi connectivity index (χ0) is 13.3.